The van der Waals surface area contributed by atoms with Crippen LogP contribution < -0.4 is 10.1 Å². The van der Waals surface area contributed by atoms with Crippen molar-refractivity contribution in [2.75, 3.05) is 13.7 Å². The maximum atomic E-state index is 6.14. The van der Waals surface area contributed by atoms with Crippen molar-refractivity contribution in [1.82, 2.24) is 5.32 Å². The molecule has 1 unspecified atom stereocenters. The van der Waals surface area contributed by atoms with E-state index < -0.39 is 0 Å². The average Bonchev–Trinajstić information content (AvgIpc) is 2.33. The first kappa shape index (κ1) is 16.3. The molecule has 0 saturated carbocycles. The van der Waals surface area contributed by atoms with Crippen LogP contribution in [-0.2, 0) is 0 Å². The highest BCUT2D eigenvalue weighted by Gasteiger charge is 2.22. The molecule has 1 atom stereocenters. The minimum atomic E-state index is 0.249. The number of methoxy groups -OCH3 is 1. The van der Waals surface area contributed by atoms with E-state index >= 15 is 0 Å². The summed E-state index contributed by atoms with van der Waals surface area (Å²) in [6.07, 6.45) is 2.16. The van der Waals surface area contributed by atoms with Gasteiger partial charge in [0.15, 0.2) is 0 Å². The van der Waals surface area contributed by atoms with Gasteiger partial charge in [-0.05, 0) is 43.0 Å². The number of halogens is 1. The summed E-state index contributed by atoms with van der Waals surface area (Å²) >= 11 is 6.14. The van der Waals surface area contributed by atoms with Crippen LogP contribution in [0.4, 0.5) is 0 Å². The van der Waals surface area contributed by atoms with Gasteiger partial charge in [-0.2, -0.15) is 0 Å². The minimum absolute atomic E-state index is 0.249. The molecule has 19 heavy (non-hydrogen) atoms. The molecule has 1 aromatic rings. The molecule has 0 spiro atoms. The maximum Gasteiger partial charge on any atom is 0.123 e. The first-order valence-corrected chi connectivity index (χ1v) is 7.32. The van der Waals surface area contributed by atoms with Crippen molar-refractivity contribution in [3.05, 3.63) is 28.8 Å². The molecule has 0 radical (unpaired) electrons. The summed E-state index contributed by atoms with van der Waals surface area (Å²) in [6.45, 7) is 9.94. The Morgan fingerprint density at radius 3 is 2.53 bits per heavy atom. The number of nitrogens with one attached hydrogen (secondary N) is 1. The van der Waals surface area contributed by atoms with Crippen LogP contribution in [0.1, 0.15) is 52.1 Å². The van der Waals surface area contributed by atoms with Crippen LogP contribution in [0.15, 0.2) is 18.2 Å². The lowest BCUT2D eigenvalue weighted by atomic mass is 9.85. The van der Waals surface area contributed by atoms with Crippen LogP contribution in [0.5, 0.6) is 5.75 Å². The van der Waals surface area contributed by atoms with Gasteiger partial charge in [-0.25, -0.2) is 0 Å². The minimum Gasteiger partial charge on any atom is -0.496 e. The van der Waals surface area contributed by atoms with Crippen LogP contribution >= 0.6 is 11.6 Å². The SMILES string of the molecule is CCCNC(CC(C)(C)C)c1cc(Cl)ccc1OC. The van der Waals surface area contributed by atoms with Gasteiger partial charge in [0.2, 0.25) is 0 Å². The molecular weight excluding hydrogens is 258 g/mol. The van der Waals surface area contributed by atoms with Gasteiger partial charge < -0.3 is 10.1 Å². The Bertz CT molecular complexity index is 398. The monoisotopic (exact) mass is 283 g/mol. The lowest BCUT2D eigenvalue weighted by molar-refractivity contribution is 0.304. The van der Waals surface area contributed by atoms with Crippen LogP contribution in [0.25, 0.3) is 0 Å². The molecule has 0 aromatic heterocycles. The highest BCUT2D eigenvalue weighted by molar-refractivity contribution is 6.30. The summed E-state index contributed by atoms with van der Waals surface area (Å²) in [5.74, 6) is 0.905. The van der Waals surface area contributed by atoms with Crippen molar-refractivity contribution < 1.29 is 4.74 Å². The third-order valence-corrected chi connectivity index (χ3v) is 3.26. The Balaban J connectivity index is 3.04. The van der Waals surface area contributed by atoms with E-state index in [0.29, 0.717) is 0 Å². The number of rotatable bonds is 6. The number of hydrogen-bond acceptors (Lipinski definition) is 2. The van der Waals surface area contributed by atoms with Crippen LogP contribution in [-0.4, -0.2) is 13.7 Å². The fraction of sp³-hybridized carbons (Fsp3) is 0.625. The van der Waals surface area contributed by atoms with Crippen molar-refractivity contribution in [3.63, 3.8) is 0 Å². The van der Waals surface area contributed by atoms with Gasteiger partial charge in [0.1, 0.15) is 5.75 Å². The second-order valence-electron chi connectivity index (χ2n) is 6.16. The summed E-state index contributed by atoms with van der Waals surface area (Å²) in [6, 6.07) is 6.10. The average molecular weight is 284 g/mol. The molecule has 0 aliphatic heterocycles. The molecule has 1 rings (SSSR count). The Kier molecular flexibility index (Phi) is 6.15. The van der Waals surface area contributed by atoms with Crippen molar-refractivity contribution in [3.8, 4) is 5.75 Å². The van der Waals surface area contributed by atoms with Crippen molar-refractivity contribution in [2.24, 2.45) is 5.41 Å². The standard InChI is InChI=1S/C16H26ClNO/c1-6-9-18-14(11-16(2,3)4)13-10-12(17)7-8-15(13)19-5/h7-8,10,14,18H,6,9,11H2,1-5H3. The summed E-state index contributed by atoms with van der Waals surface area (Å²) in [5.41, 5.74) is 1.40. The molecule has 2 nitrogen and oxygen atoms in total. The summed E-state index contributed by atoms with van der Waals surface area (Å²) in [5, 5.41) is 4.36. The Labute approximate surface area is 122 Å². The van der Waals surface area contributed by atoms with E-state index in [4.69, 9.17) is 16.3 Å². The highest BCUT2D eigenvalue weighted by Crippen LogP contribution is 2.35. The van der Waals surface area contributed by atoms with E-state index in [-0.39, 0.29) is 11.5 Å². The molecule has 0 aliphatic rings. The smallest absolute Gasteiger partial charge is 0.123 e. The van der Waals surface area contributed by atoms with Crippen molar-refractivity contribution in [2.45, 2.75) is 46.6 Å². The molecule has 0 amide bonds. The summed E-state index contributed by atoms with van der Waals surface area (Å²) in [7, 11) is 1.71. The number of ether oxygens (including phenoxy) is 1. The number of benzene rings is 1. The van der Waals surface area contributed by atoms with Gasteiger partial charge in [-0.15, -0.1) is 0 Å². The molecule has 1 aromatic carbocycles. The summed E-state index contributed by atoms with van der Waals surface area (Å²) < 4.78 is 5.48. The zero-order valence-corrected chi connectivity index (χ0v) is 13.5. The van der Waals surface area contributed by atoms with Gasteiger partial charge in [0, 0.05) is 16.6 Å². The molecule has 0 saturated heterocycles. The van der Waals surface area contributed by atoms with Crippen LogP contribution in [0, 0.1) is 5.41 Å². The van der Waals surface area contributed by atoms with Gasteiger partial charge >= 0.3 is 0 Å². The lowest BCUT2D eigenvalue weighted by Gasteiger charge is -2.28. The van der Waals surface area contributed by atoms with Crippen LogP contribution in [0.2, 0.25) is 5.02 Å². The molecule has 108 valence electrons. The molecule has 0 bridgehead atoms. The highest BCUT2D eigenvalue weighted by atomic mass is 35.5. The molecule has 3 heteroatoms. The van der Waals surface area contributed by atoms with Crippen LogP contribution in [0.3, 0.4) is 0 Å². The van der Waals surface area contributed by atoms with E-state index in [1.54, 1.807) is 7.11 Å². The van der Waals surface area contributed by atoms with E-state index in [0.717, 1.165) is 35.7 Å². The summed E-state index contributed by atoms with van der Waals surface area (Å²) in [4.78, 5) is 0. The normalized spacial score (nSPS) is 13.4. The lowest BCUT2D eigenvalue weighted by Crippen LogP contribution is -2.26. The fourth-order valence-corrected chi connectivity index (χ4v) is 2.38. The fourth-order valence-electron chi connectivity index (χ4n) is 2.20. The first-order valence-electron chi connectivity index (χ1n) is 6.94. The van der Waals surface area contributed by atoms with Gasteiger partial charge in [-0.3, -0.25) is 0 Å². The van der Waals surface area contributed by atoms with Crippen molar-refractivity contribution in [1.29, 1.82) is 0 Å². The third kappa shape index (κ3) is 5.42. The topological polar surface area (TPSA) is 21.3 Å². The Hall–Kier alpha value is -0.730. The molecule has 0 heterocycles. The molecule has 1 N–H and O–H groups in total. The second-order valence-corrected chi connectivity index (χ2v) is 6.59. The maximum absolute atomic E-state index is 6.14. The van der Waals surface area contributed by atoms with Gasteiger partial charge in [-0.1, -0.05) is 39.3 Å². The number of hydrogen-bond donors (Lipinski definition) is 1. The molecule has 0 fully saturated rings. The molecular formula is C16H26ClNO. The van der Waals surface area contributed by atoms with Crippen molar-refractivity contribution >= 4 is 11.6 Å². The van der Waals surface area contributed by atoms with Gasteiger partial charge in [0.05, 0.1) is 7.11 Å². The first-order chi connectivity index (χ1) is 8.87. The van der Waals surface area contributed by atoms with Gasteiger partial charge in [0.25, 0.3) is 0 Å². The Morgan fingerprint density at radius 2 is 2.00 bits per heavy atom. The predicted molar refractivity (Wildman–Crippen MR) is 83.1 cm³/mol. The van der Waals surface area contributed by atoms with E-state index in [2.05, 4.69) is 33.0 Å². The van der Waals surface area contributed by atoms with E-state index in [1.165, 1.54) is 0 Å². The zero-order chi connectivity index (χ0) is 14.5. The predicted octanol–water partition coefficient (Wildman–Crippen LogP) is 4.83. The zero-order valence-electron chi connectivity index (χ0n) is 12.7. The Morgan fingerprint density at radius 1 is 1.32 bits per heavy atom. The quantitative estimate of drug-likeness (QED) is 0.808. The largest absolute Gasteiger partial charge is 0.496 e. The second kappa shape index (κ2) is 7.16. The van der Waals surface area contributed by atoms with E-state index in [1.807, 2.05) is 18.2 Å². The third-order valence-electron chi connectivity index (χ3n) is 3.02. The molecule has 0 aliphatic carbocycles. The van der Waals surface area contributed by atoms with E-state index in [9.17, 15) is 0 Å².